The molecule has 1 N–H and O–H groups in total. The highest BCUT2D eigenvalue weighted by Crippen LogP contribution is 2.21. The second-order valence-electron chi connectivity index (χ2n) is 7.41. The van der Waals surface area contributed by atoms with E-state index in [-0.39, 0.29) is 11.8 Å². The Kier molecular flexibility index (Phi) is 6.23. The monoisotopic (exact) mass is 420 g/mol. The average molecular weight is 421 g/mol. The second kappa shape index (κ2) is 9.22. The molecule has 2 amide bonds. The number of carbonyl (C=O) groups excluding carboxylic acids is 2. The van der Waals surface area contributed by atoms with Crippen LogP contribution in [0.2, 0.25) is 0 Å². The number of carbonyl (C=O) groups is 2. The Morgan fingerprint density at radius 3 is 2.30 bits per heavy atom. The van der Waals surface area contributed by atoms with Gasteiger partial charge in [0.25, 0.3) is 11.8 Å². The van der Waals surface area contributed by atoms with Gasteiger partial charge in [0.05, 0.1) is 12.8 Å². The zero-order chi connectivity index (χ0) is 20.9. The van der Waals surface area contributed by atoms with Gasteiger partial charge in [-0.05, 0) is 73.2 Å². The summed E-state index contributed by atoms with van der Waals surface area (Å²) in [6.07, 6.45) is 5.74. The largest absolute Gasteiger partial charge is 0.467 e. The molecular formula is C24H24N2O3S. The van der Waals surface area contributed by atoms with Crippen molar-refractivity contribution in [1.82, 2.24) is 10.2 Å². The number of rotatable bonds is 8. The van der Waals surface area contributed by atoms with E-state index in [1.165, 1.54) is 0 Å². The molecule has 3 aromatic rings. The Labute approximate surface area is 180 Å². The minimum atomic E-state index is -0.0605. The van der Waals surface area contributed by atoms with Gasteiger partial charge in [0, 0.05) is 28.6 Å². The first kappa shape index (κ1) is 20.3. The maximum atomic E-state index is 13.2. The Hall–Kier alpha value is -2.99. The lowest BCUT2D eigenvalue weighted by atomic mass is 10.1. The van der Waals surface area contributed by atoms with Crippen molar-refractivity contribution < 1.29 is 14.0 Å². The Balaban J connectivity index is 1.50. The molecule has 0 radical (unpaired) electrons. The summed E-state index contributed by atoms with van der Waals surface area (Å²) in [5.74, 6) is 0.626. The highest BCUT2D eigenvalue weighted by atomic mass is 32.2. The predicted octanol–water partition coefficient (Wildman–Crippen LogP) is 4.74. The standard InChI is InChI=1S/C24H24N2O3S/c1-30-22-12-8-19(9-13-22)24(28)26(16-21-3-2-14-29-21)15-17-4-6-18(7-5-17)23(27)25-20-10-11-20/h2-9,12-14,20H,10-11,15-16H2,1H3,(H,25,27). The molecule has 6 heteroatoms. The maximum absolute atomic E-state index is 13.2. The predicted molar refractivity (Wildman–Crippen MR) is 117 cm³/mol. The van der Waals surface area contributed by atoms with Gasteiger partial charge < -0.3 is 14.6 Å². The fourth-order valence-corrected chi connectivity index (χ4v) is 3.59. The number of thioether (sulfide) groups is 1. The van der Waals surface area contributed by atoms with Crippen molar-refractivity contribution in [1.29, 1.82) is 0 Å². The molecule has 1 aliphatic carbocycles. The first-order valence-corrected chi connectivity index (χ1v) is 11.2. The molecule has 1 aliphatic rings. The zero-order valence-corrected chi connectivity index (χ0v) is 17.7. The van der Waals surface area contributed by atoms with Gasteiger partial charge in [-0.3, -0.25) is 9.59 Å². The van der Waals surface area contributed by atoms with E-state index in [4.69, 9.17) is 4.42 Å². The molecular weight excluding hydrogens is 396 g/mol. The van der Waals surface area contributed by atoms with Crippen LogP contribution < -0.4 is 5.32 Å². The fourth-order valence-electron chi connectivity index (χ4n) is 3.18. The Bertz CT molecular complexity index is 994. The van der Waals surface area contributed by atoms with E-state index >= 15 is 0 Å². The van der Waals surface area contributed by atoms with E-state index in [2.05, 4.69) is 5.32 Å². The highest BCUT2D eigenvalue weighted by molar-refractivity contribution is 7.98. The third-order valence-electron chi connectivity index (χ3n) is 5.05. The van der Waals surface area contributed by atoms with Crippen LogP contribution >= 0.6 is 11.8 Å². The molecule has 2 aromatic carbocycles. The average Bonchev–Trinajstić information content (AvgIpc) is 3.44. The molecule has 0 unspecified atom stereocenters. The van der Waals surface area contributed by atoms with Gasteiger partial charge >= 0.3 is 0 Å². The summed E-state index contributed by atoms with van der Waals surface area (Å²) in [5.41, 5.74) is 2.24. The minimum Gasteiger partial charge on any atom is -0.467 e. The summed E-state index contributed by atoms with van der Waals surface area (Å²) in [5, 5.41) is 2.99. The molecule has 30 heavy (non-hydrogen) atoms. The van der Waals surface area contributed by atoms with Gasteiger partial charge in [0.15, 0.2) is 0 Å². The molecule has 4 rings (SSSR count). The smallest absolute Gasteiger partial charge is 0.254 e. The second-order valence-corrected chi connectivity index (χ2v) is 8.29. The topological polar surface area (TPSA) is 62.6 Å². The summed E-state index contributed by atoms with van der Waals surface area (Å²) in [7, 11) is 0. The fraction of sp³-hybridized carbons (Fsp3) is 0.250. The number of amides is 2. The van der Waals surface area contributed by atoms with E-state index < -0.39 is 0 Å². The van der Waals surface area contributed by atoms with E-state index in [9.17, 15) is 9.59 Å². The highest BCUT2D eigenvalue weighted by Gasteiger charge is 2.24. The van der Waals surface area contributed by atoms with Gasteiger partial charge in [0.1, 0.15) is 5.76 Å². The summed E-state index contributed by atoms with van der Waals surface area (Å²) in [6, 6.07) is 19.1. The van der Waals surface area contributed by atoms with Gasteiger partial charge in [-0.15, -0.1) is 11.8 Å². The Morgan fingerprint density at radius 2 is 1.70 bits per heavy atom. The van der Waals surface area contributed by atoms with Gasteiger partial charge in [0.2, 0.25) is 0 Å². The summed E-state index contributed by atoms with van der Waals surface area (Å²) in [4.78, 5) is 28.3. The summed E-state index contributed by atoms with van der Waals surface area (Å²) in [6.45, 7) is 0.800. The van der Waals surface area contributed by atoms with E-state index in [1.54, 1.807) is 22.9 Å². The van der Waals surface area contributed by atoms with Crippen molar-refractivity contribution in [2.24, 2.45) is 0 Å². The van der Waals surface area contributed by atoms with E-state index in [0.29, 0.717) is 30.3 Å². The zero-order valence-electron chi connectivity index (χ0n) is 16.8. The molecule has 0 atom stereocenters. The number of furan rings is 1. The number of benzene rings is 2. The molecule has 1 saturated carbocycles. The van der Waals surface area contributed by atoms with Crippen molar-refractivity contribution in [3.8, 4) is 0 Å². The van der Waals surface area contributed by atoms with Crippen molar-refractivity contribution in [2.75, 3.05) is 6.26 Å². The molecule has 5 nitrogen and oxygen atoms in total. The van der Waals surface area contributed by atoms with Crippen molar-refractivity contribution in [2.45, 2.75) is 36.9 Å². The molecule has 1 fully saturated rings. The molecule has 1 heterocycles. The van der Waals surface area contributed by atoms with Crippen LogP contribution in [0.25, 0.3) is 0 Å². The maximum Gasteiger partial charge on any atom is 0.254 e. The SMILES string of the molecule is CSc1ccc(C(=O)N(Cc2ccc(C(=O)NC3CC3)cc2)Cc2ccco2)cc1. The normalized spacial score (nSPS) is 13.1. The number of hydrogen-bond acceptors (Lipinski definition) is 4. The summed E-state index contributed by atoms with van der Waals surface area (Å²) < 4.78 is 5.47. The van der Waals surface area contributed by atoms with Crippen LogP contribution in [0.15, 0.2) is 76.2 Å². The van der Waals surface area contributed by atoms with Crippen LogP contribution in [-0.4, -0.2) is 29.0 Å². The van der Waals surface area contributed by atoms with Crippen molar-refractivity contribution in [3.05, 3.63) is 89.4 Å². The minimum absolute atomic E-state index is 0.0403. The lowest BCUT2D eigenvalue weighted by Gasteiger charge is -2.22. The van der Waals surface area contributed by atoms with Crippen LogP contribution in [0.5, 0.6) is 0 Å². The number of nitrogens with zero attached hydrogens (tertiary/aromatic N) is 1. The molecule has 0 aliphatic heterocycles. The van der Waals surface area contributed by atoms with Gasteiger partial charge in [-0.25, -0.2) is 0 Å². The first-order chi connectivity index (χ1) is 14.6. The molecule has 0 saturated heterocycles. The van der Waals surface area contributed by atoms with Crippen molar-refractivity contribution in [3.63, 3.8) is 0 Å². The van der Waals surface area contributed by atoms with Crippen LogP contribution in [0.4, 0.5) is 0 Å². The molecule has 1 aromatic heterocycles. The third kappa shape index (κ3) is 5.13. The lowest BCUT2D eigenvalue weighted by Crippen LogP contribution is -2.30. The first-order valence-electron chi connectivity index (χ1n) is 9.98. The number of nitrogens with one attached hydrogen (secondary N) is 1. The van der Waals surface area contributed by atoms with Crippen LogP contribution in [0.3, 0.4) is 0 Å². The van der Waals surface area contributed by atoms with Crippen LogP contribution in [-0.2, 0) is 13.1 Å². The van der Waals surface area contributed by atoms with E-state index in [1.807, 2.05) is 66.9 Å². The van der Waals surface area contributed by atoms with Crippen LogP contribution in [0.1, 0.15) is 44.9 Å². The molecule has 154 valence electrons. The van der Waals surface area contributed by atoms with Gasteiger partial charge in [-0.2, -0.15) is 0 Å². The Morgan fingerprint density at radius 1 is 1.00 bits per heavy atom. The summed E-state index contributed by atoms with van der Waals surface area (Å²) >= 11 is 1.64. The van der Waals surface area contributed by atoms with Crippen molar-refractivity contribution >= 4 is 23.6 Å². The third-order valence-corrected chi connectivity index (χ3v) is 5.80. The number of hydrogen-bond donors (Lipinski definition) is 1. The van der Waals surface area contributed by atoms with Gasteiger partial charge in [-0.1, -0.05) is 12.1 Å². The molecule has 0 spiro atoms. The van der Waals surface area contributed by atoms with E-state index in [0.717, 1.165) is 29.1 Å². The lowest BCUT2D eigenvalue weighted by molar-refractivity contribution is 0.0717. The molecule has 0 bridgehead atoms. The quantitative estimate of drug-likeness (QED) is 0.535. The van der Waals surface area contributed by atoms with Crippen LogP contribution in [0, 0.1) is 0 Å².